The molecule has 1 saturated carbocycles. The molecule has 0 radical (unpaired) electrons. The van der Waals surface area contributed by atoms with Crippen LogP contribution in [0.25, 0.3) is 0 Å². The summed E-state index contributed by atoms with van der Waals surface area (Å²) in [6, 6.07) is 16.5. The van der Waals surface area contributed by atoms with Crippen LogP contribution in [0.4, 0.5) is 5.69 Å². The number of carbonyl (C=O) groups is 5. The van der Waals surface area contributed by atoms with E-state index in [-0.39, 0.29) is 47.6 Å². The molecule has 3 aromatic rings. The van der Waals surface area contributed by atoms with E-state index in [0.29, 0.717) is 46.6 Å². The number of hydrogen-bond donors (Lipinski definition) is 0. The Morgan fingerprint density at radius 2 is 1.45 bits per heavy atom. The molecule has 0 N–H and O–H groups in total. The number of anilines is 1. The second-order valence-corrected chi connectivity index (χ2v) is 18.4. The molecule has 12 nitrogen and oxygen atoms in total. The maximum absolute atomic E-state index is 14.0. The lowest BCUT2D eigenvalue weighted by molar-refractivity contribution is -0.199. The number of benzene rings is 3. The minimum Gasteiger partial charge on any atom is -0.489 e. The van der Waals surface area contributed by atoms with Gasteiger partial charge in [-0.25, -0.2) is 0 Å². The number of ether oxygens (including phenoxy) is 1. The normalized spacial score (nSPS) is 25.4. The van der Waals surface area contributed by atoms with E-state index >= 15 is 0 Å². The van der Waals surface area contributed by atoms with Gasteiger partial charge < -0.3 is 14.5 Å². The third kappa shape index (κ3) is 5.83. The van der Waals surface area contributed by atoms with Crippen molar-refractivity contribution in [2.75, 3.05) is 31.6 Å². The molecular formula is C45H47ClN6O6. The van der Waals surface area contributed by atoms with Gasteiger partial charge in [-0.1, -0.05) is 39.3 Å². The molecule has 0 bridgehead atoms. The van der Waals surface area contributed by atoms with Crippen molar-refractivity contribution in [2.24, 2.45) is 10.8 Å². The highest BCUT2D eigenvalue weighted by molar-refractivity contribution is 6.31. The number of imide groups is 2. The standard InChI is InChI=1S/C45H47ClN6O6/c1-44(2)42(45(3,4)43(44)58-31-8-6-26(22-47)35(46)21-31)51-24-28-18-30(7-9-32(28)38(51)54)49-16-13-29(14-17-49)50-15-12-25-19-33-34(20-27(25)23-50)40(56)52(39(33)55)36-10-11-37(53)48(5)41(36)57/h6-9,18-21,29,36,42-43H,10-17,23-24H2,1-5H3/t36?,42-,43-. The molecule has 1 atom stereocenters. The van der Waals surface area contributed by atoms with Gasteiger partial charge in [-0.3, -0.25) is 38.7 Å². The summed E-state index contributed by atoms with van der Waals surface area (Å²) in [7, 11) is 1.40. The number of likely N-dealkylation sites (N-methyl/N-ethyl adjacent to an activating group) is 1. The van der Waals surface area contributed by atoms with Gasteiger partial charge >= 0.3 is 0 Å². The van der Waals surface area contributed by atoms with Gasteiger partial charge in [-0.05, 0) is 84.8 Å². The summed E-state index contributed by atoms with van der Waals surface area (Å²) < 4.78 is 6.50. The van der Waals surface area contributed by atoms with Crippen LogP contribution in [-0.2, 0) is 29.1 Å². The van der Waals surface area contributed by atoms with E-state index in [0.717, 1.165) is 76.6 Å². The highest BCUT2D eigenvalue weighted by atomic mass is 35.5. The van der Waals surface area contributed by atoms with Crippen LogP contribution in [0.1, 0.15) is 107 Å². The molecule has 5 heterocycles. The molecule has 1 unspecified atom stereocenters. The molecule has 0 aromatic heterocycles. The van der Waals surface area contributed by atoms with Crippen molar-refractivity contribution in [2.45, 2.75) is 97.1 Å². The Labute approximate surface area is 343 Å². The summed E-state index contributed by atoms with van der Waals surface area (Å²) in [5, 5.41) is 9.64. The monoisotopic (exact) mass is 802 g/mol. The molecule has 3 aromatic carbocycles. The molecule has 58 heavy (non-hydrogen) atoms. The number of carbonyl (C=O) groups excluding carboxylic acids is 5. The van der Waals surface area contributed by atoms with E-state index in [1.54, 1.807) is 18.2 Å². The smallest absolute Gasteiger partial charge is 0.262 e. The molecule has 300 valence electrons. The fraction of sp³-hybridized carbons (Fsp3) is 0.467. The maximum atomic E-state index is 14.0. The van der Waals surface area contributed by atoms with Crippen LogP contribution in [-0.4, -0.2) is 100 Å². The first-order valence-corrected chi connectivity index (χ1v) is 20.6. The second kappa shape index (κ2) is 13.7. The van der Waals surface area contributed by atoms with Crippen molar-refractivity contribution >= 4 is 46.8 Å². The molecule has 5 amide bonds. The van der Waals surface area contributed by atoms with Gasteiger partial charge in [-0.15, -0.1) is 0 Å². The number of rotatable bonds is 6. The van der Waals surface area contributed by atoms with Crippen LogP contribution >= 0.6 is 11.6 Å². The first-order valence-electron chi connectivity index (χ1n) is 20.2. The van der Waals surface area contributed by atoms with Crippen LogP contribution in [0.15, 0.2) is 48.5 Å². The van der Waals surface area contributed by atoms with Crippen molar-refractivity contribution < 1.29 is 28.7 Å². The summed E-state index contributed by atoms with van der Waals surface area (Å²) in [5.41, 5.74) is 5.42. The number of fused-ring (bicyclic) bond motifs is 3. The number of piperidine rings is 2. The number of likely N-dealkylation sites (tertiary alicyclic amines) is 1. The number of amides is 5. The Bertz CT molecular complexity index is 2340. The number of nitriles is 1. The Morgan fingerprint density at radius 3 is 2.12 bits per heavy atom. The maximum Gasteiger partial charge on any atom is 0.262 e. The van der Waals surface area contributed by atoms with Gasteiger partial charge in [0.15, 0.2) is 0 Å². The van der Waals surface area contributed by atoms with Gasteiger partial charge in [-0.2, -0.15) is 5.26 Å². The van der Waals surface area contributed by atoms with E-state index in [2.05, 4.69) is 55.7 Å². The van der Waals surface area contributed by atoms with E-state index < -0.39 is 23.8 Å². The van der Waals surface area contributed by atoms with Crippen LogP contribution in [0, 0.1) is 22.2 Å². The van der Waals surface area contributed by atoms with E-state index in [9.17, 15) is 29.2 Å². The van der Waals surface area contributed by atoms with Crippen LogP contribution in [0.2, 0.25) is 5.02 Å². The quantitative estimate of drug-likeness (QED) is 0.283. The fourth-order valence-electron chi connectivity index (χ4n) is 11.3. The minimum atomic E-state index is -0.961. The lowest BCUT2D eigenvalue weighted by atomic mass is 9.49. The summed E-state index contributed by atoms with van der Waals surface area (Å²) in [6.45, 7) is 12.4. The third-order valence-electron chi connectivity index (χ3n) is 13.9. The molecule has 6 aliphatic rings. The average Bonchev–Trinajstić information content (AvgIpc) is 3.64. The van der Waals surface area contributed by atoms with Gasteiger partial charge in [0.1, 0.15) is 24.0 Å². The van der Waals surface area contributed by atoms with Gasteiger partial charge in [0.05, 0.1) is 21.7 Å². The van der Waals surface area contributed by atoms with E-state index in [1.165, 1.54) is 7.05 Å². The van der Waals surface area contributed by atoms with Gasteiger partial charge in [0.25, 0.3) is 23.6 Å². The van der Waals surface area contributed by atoms with Crippen LogP contribution < -0.4 is 9.64 Å². The first-order chi connectivity index (χ1) is 27.6. The second-order valence-electron chi connectivity index (χ2n) is 18.0. The van der Waals surface area contributed by atoms with Crippen molar-refractivity contribution in [3.8, 4) is 11.8 Å². The van der Waals surface area contributed by atoms with E-state index in [1.807, 2.05) is 23.1 Å². The van der Waals surface area contributed by atoms with Crippen molar-refractivity contribution in [1.29, 1.82) is 5.26 Å². The number of hydrogen-bond acceptors (Lipinski definition) is 9. The highest BCUT2D eigenvalue weighted by Gasteiger charge is 2.67. The van der Waals surface area contributed by atoms with Gasteiger partial charge in [0.2, 0.25) is 5.91 Å². The largest absolute Gasteiger partial charge is 0.489 e. The van der Waals surface area contributed by atoms with Crippen molar-refractivity contribution in [3.63, 3.8) is 0 Å². The van der Waals surface area contributed by atoms with E-state index in [4.69, 9.17) is 16.3 Å². The van der Waals surface area contributed by atoms with Crippen molar-refractivity contribution in [3.05, 3.63) is 92.5 Å². The minimum absolute atomic E-state index is 0.0487. The SMILES string of the molecule is CN1C(=O)CCC(N2C(=O)c3cc4c(cc3C2=O)CN(C2CCN(c3ccc5c(c3)CN([C@H]3C(C)(C)[C@H](Oc6ccc(C#N)c(Cl)c6)C3(C)C)C5=O)CC2)CC4)C1=O. The zero-order valence-electron chi connectivity index (χ0n) is 33.5. The molecule has 0 spiro atoms. The molecule has 9 rings (SSSR count). The first kappa shape index (κ1) is 38.3. The van der Waals surface area contributed by atoms with Gasteiger partial charge in [0, 0.05) is 86.4 Å². The molecule has 2 saturated heterocycles. The zero-order chi connectivity index (χ0) is 41.0. The van der Waals surface area contributed by atoms with Crippen LogP contribution in [0.5, 0.6) is 5.75 Å². The summed E-state index contributed by atoms with van der Waals surface area (Å²) in [5.74, 6) is -1.08. The molecule has 5 aliphatic heterocycles. The summed E-state index contributed by atoms with van der Waals surface area (Å²) >= 11 is 6.31. The topological polar surface area (TPSA) is 135 Å². The average molecular weight is 803 g/mol. The predicted octanol–water partition coefficient (Wildman–Crippen LogP) is 5.82. The Balaban J connectivity index is 0.834. The summed E-state index contributed by atoms with van der Waals surface area (Å²) in [6.07, 6.45) is 2.80. The molecular weight excluding hydrogens is 756 g/mol. The molecule has 1 aliphatic carbocycles. The molecule has 3 fully saturated rings. The lowest BCUT2D eigenvalue weighted by Gasteiger charge is -2.65. The van der Waals surface area contributed by atoms with Crippen molar-refractivity contribution in [1.82, 2.24) is 19.6 Å². The Morgan fingerprint density at radius 1 is 0.759 bits per heavy atom. The third-order valence-corrected chi connectivity index (χ3v) is 14.2. The zero-order valence-corrected chi connectivity index (χ0v) is 34.3. The van der Waals surface area contributed by atoms with Crippen LogP contribution in [0.3, 0.4) is 0 Å². The fourth-order valence-corrected chi connectivity index (χ4v) is 11.5. The molecule has 13 heteroatoms. The highest BCUT2D eigenvalue weighted by Crippen LogP contribution is 2.59. The summed E-state index contributed by atoms with van der Waals surface area (Å²) in [4.78, 5) is 75.0. The Kier molecular flexibility index (Phi) is 9.02. The predicted molar refractivity (Wildman–Crippen MR) is 215 cm³/mol. The number of nitrogens with zero attached hydrogens (tertiary/aromatic N) is 6. The lowest BCUT2D eigenvalue weighted by Crippen LogP contribution is -2.74. The number of halogens is 1. The Hall–Kier alpha value is -5.25.